The molecule has 0 saturated carbocycles. The monoisotopic (exact) mass is 663 g/mol. The zero-order valence-corrected chi connectivity index (χ0v) is 23.3. The van der Waals surface area contributed by atoms with Crippen molar-refractivity contribution in [3.8, 4) is 5.75 Å². The number of nitrogens with one attached hydrogen (secondary N) is 1. The first-order chi connectivity index (χ1) is 21.4. The summed E-state index contributed by atoms with van der Waals surface area (Å²) in [5, 5.41) is 13.0. The first-order valence-electron chi connectivity index (χ1n) is 13.4. The van der Waals surface area contributed by atoms with Crippen LogP contribution in [0.25, 0.3) is 0 Å². The summed E-state index contributed by atoms with van der Waals surface area (Å²) in [5.74, 6) is -5.14. The highest BCUT2D eigenvalue weighted by atomic mass is 19.4. The molecule has 0 aliphatic heterocycles. The minimum absolute atomic E-state index is 0.0913. The fourth-order valence-electron chi connectivity index (χ4n) is 4.61. The molecule has 2 N–H and O–H groups in total. The van der Waals surface area contributed by atoms with Gasteiger partial charge in [0.15, 0.2) is 0 Å². The normalized spacial score (nSPS) is 14.2. The van der Waals surface area contributed by atoms with Crippen molar-refractivity contribution in [3.05, 3.63) is 136 Å². The third kappa shape index (κ3) is 8.15. The minimum Gasteiger partial charge on any atom is -0.489 e. The lowest BCUT2D eigenvalue weighted by Crippen LogP contribution is -2.34. The van der Waals surface area contributed by atoms with E-state index < -0.39 is 59.8 Å². The Kier molecular flexibility index (Phi) is 10.0. The quantitative estimate of drug-likeness (QED) is 0.166. The number of ether oxygens (including phenoxy) is 1. The zero-order chi connectivity index (χ0) is 33.9. The van der Waals surface area contributed by atoms with Crippen LogP contribution in [0.15, 0.2) is 97.1 Å². The predicted octanol–water partition coefficient (Wildman–Crippen LogP) is 9.37. The Bertz CT molecular complexity index is 1610. The summed E-state index contributed by atoms with van der Waals surface area (Å²) in [4.78, 5) is 0. The van der Waals surface area contributed by atoms with E-state index in [1.54, 1.807) is 0 Å². The van der Waals surface area contributed by atoms with Gasteiger partial charge in [-0.2, -0.15) is 48.3 Å². The fourth-order valence-corrected chi connectivity index (χ4v) is 4.61. The van der Waals surface area contributed by atoms with E-state index in [0.29, 0.717) is 12.1 Å². The molecule has 0 radical (unpaired) electrons. The Labute approximate surface area is 255 Å². The highest BCUT2D eigenvalue weighted by Crippen LogP contribution is 2.44. The number of hydrogen-bond acceptors (Lipinski definition) is 3. The first-order valence-corrected chi connectivity index (χ1v) is 13.4. The second-order valence-electron chi connectivity index (χ2n) is 10.2. The van der Waals surface area contributed by atoms with Crippen LogP contribution in [0.1, 0.15) is 51.0 Å². The van der Waals surface area contributed by atoms with Gasteiger partial charge in [0.1, 0.15) is 12.4 Å². The van der Waals surface area contributed by atoms with Crippen LogP contribution in [0.2, 0.25) is 0 Å². The summed E-state index contributed by atoms with van der Waals surface area (Å²) in [7, 11) is 0. The van der Waals surface area contributed by atoms with Gasteiger partial charge in [-0.25, -0.2) is 0 Å². The molecule has 0 saturated heterocycles. The number of hydrogen-bond donors (Lipinski definition) is 2. The lowest BCUT2D eigenvalue weighted by molar-refractivity contribution is -0.289. The topological polar surface area (TPSA) is 41.5 Å². The Balaban J connectivity index is 1.71. The van der Waals surface area contributed by atoms with Crippen LogP contribution in [-0.2, 0) is 24.9 Å². The maximum absolute atomic E-state index is 14.3. The molecule has 0 aliphatic rings. The lowest BCUT2D eigenvalue weighted by atomic mass is 9.93. The largest absolute Gasteiger partial charge is 0.489 e. The minimum atomic E-state index is -5.92. The van der Waals surface area contributed by atoms with Crippen LogP contribution in [0.3, 0.4) is 0 Å². The number of benzene rings is 4. The van der Waals surface area contributed by atoms with E-state index in [0.717, 1.165) is 42.5 Å². The standard InChI is InChI=1S/C32H24F11NO2/c33-29(34,32(41,42)43)24-7-2-5-21(15-24)28(44-27(17-45)20-10-12-23(13-11-20)30(35,36)37)22-6-3-9-26(16-22)46-18-19-4-1-8-25(14-19)31(38,39)40/h1-16,27-28,44-45H,17-18H2. The van der Waals surface area contributed by atoms with Crippen LogP contribution in [0, 0.1) is 0 Å². The van der Waals surface area contributed by atoms with Crippen LogP contribution in [0.4, 0.5) is 48.3 Å². The van der Waals surface area contributed by atoms with Gasteiger partial charge in [0.25, 0.3) is 0 Å². The average Bonchev–Trinajstić information content (AvgIpc) is 3.00. The van der Waals surface area contributed by atoms with Gasteiger partial charge in [-0.05, 0) is 64.7 Å². The summed E-state index contributed by atoms with van der Waals surface area (Å²) >= 11 is 0. The van der Waals surface area contributed by atoms with Gasteiger partial charge in [-0.15, -0.1) is 0 Å². The molecule has 0 aromatic heterocycles. The molecular formula is C32H24F11NO2. The Morgan fingerprint density at radius 2 is 1.15 bits per heavy atom. The second kappa shape index (κ2) is 13.3. The third-order valence-corrected chi connectivity index (χ3v) is 6.98. The van der Waals surface area contributed by atoms with Crippen molar-refractivity contribution >= 4 is 0 Å². The van der Waals surface area contributed by atoms with Gasteiger partial charge in [-0.3, -0.25) is 5.32 Å². The fraction of sp³-hybridized carbons (Fsp3) is 0.250. The van der Waals surface area contributed by atoms with E-state index in [9.17, 15) is 53.4 Å². The highest BCUT2D eigenvalue weighted by Gasteiger charge is 2.58. The molecule has 0 aliphatic carbocycles. The molecule has 2 unspecified atom stereocenters. The number of aliphatic hydroxyl groups is 1. The summed E-state index contributed by atoms with van der Waals surface area (Å²) in [5.41, 5.74) is -2.86. The molecule has 0 spiro atoms. The highest BCUT2D eigenvalue weighted by molar-refractivity contribution is 5.40. The van der Waals surface area contributed by atoms with Crippen molar-refractivity contribution in [3.63, 3.8) is 0 Å². The van der Waals surface area contributed by atoms with E-state index in [-0.39, 0.29) is 34.6 Å². The smallest absolute Gasteiger partial charge is 0.458 e. The maximum atomic E-state index is 14.3. The molecule has 0 bridgehead atoms. The molecule has 4 aromatic rings. The molecule has 2 atom stereocenters. The molecule has 0 fully saturated rings. The average molecular weight is 664 g/mol. The molecule has 46 heavy (non-hydrogen) atoms. The molecule has 0 amide bonds. The van der Waals surface area contributed by atoms with Crippen molar-refractivity contribution in [2.75, 3.05) is 6.61 Å². The number of rotatable bonds is 10. The van der Waals surface area contributed by atoms with Gasteiger partial charge in [0.05, 0.1) is 29.8 Å². The van der Waals surface area contributed by atoms with Gasteiger partial charge < -0.3 is 9.84 Å². The van der Waals surface area contributed by atoms with Gasteiger partial charge in [0.2, 0.25) is 0 Å². The molecule has 3 nitrogen and oxygen atoms in total. The number of aliphatic hydroxyl groups excluding tert-OH is 1. The molecule has 246 valence electrons. The Morgan fingerprint density at radius 1 is 0.587 bits per heavy atom. The van der Waals surface area contributed by atoms with Crippen molar-refractivity contribution in [2.24, 2.45) is 0 Å². The van der Waals surface area contributed by atoms with E-state index in [4.69, 9.17) is 4.74 Å². The van der Waals surface area contributed by atoms with Gasteiger partial charge in [0, 0.05) is 5.56 Å². The number of halogens is 11. The first kappa shape index (κ1) is 34.7. The van der Waals surface area contributed by atoms with Crippen molar-refractivity contribution in [1.29, 1.82) is 0 Å². The van der Waals surface area contributed by atoms with E-state index in [1.165, 1.54) is 42.5 Å². The van der Waals surface area contributed by atoms with Crippen molar-refractivity contribution in [2.45, 2.75) is 43.1 Å². The molecular weight excluding hydrogens is 639 g/mol. The van der Waals surface area contributed by atoms with E-state index in [1.807, 2.05) is 0 Å². The van der Waals surface area contributed by atoms with Crippen LogP contribution >= 0.6 is 0 Å². The SMILES string of the molecule is OCC(NC(c1cccc(OCc2cccc(C(F)(F)F)c2)c1)c1cccc(C(F)(F)C(F)(F)F)c1)c1ccc(C(F)(F)F)cc1. The molecule has 4 aromatic carbocycles. The van der Waals surface area contributed by atoms with Gasteiger partial charge in [-0.1, -0.05) is 54.6 Å². The molecule has 0 heterocycles. The summed E-state index contributed by atoms with van der Waals surface area (Å²) in [6.07, 6.45) is -15.2. The second-order valence-corrected chi connectivity index (χ2v) is 10.2. The van der Waals surface area contributed by atoms with Crippen LogP contribution in [0.5, 0.6) is 5.75 Å². The predicted molar refractivity (Wildman–Crippen MR) is 145 cm³/mol. The number of alkyl halides is 11. The summed E-state index contributed by atoms with van der Waals surface area (Å²) in [6, 6.07) is 14.8. The van der Waals surface area contributed by atoms with Crippen molar-refractivity contribution < 1.29 is 58.1 Å². The summed E-state index contributed by atoms with van der Waals surface area (Å²) in [6.45, 7) is -1.03. The van der Waals surface area contributed by atoms with Gasteiger partial charge >= 0.3 is 24.5 Å². The lowest BCUT2D eigenvalue weighted by Gasteiger charge is -2.28. The third-order valence-electron chi connectivity index (χ3n) is 6.98. The van der Waals surface area contributed by atoms with E-state index in [2.05, 4.69) is 5.32 Å². The Morgan fingerprint density at radius 3 is 1.74 bits per heavy atom. The maximum Gasteiger partial charge on any atom is 0.458 e. The van der Waals surface area contributed by atoms with Crippen LogP contribution < -0.4 is 10.1 Å². The van der Waals surface area contributed by atoms with Crippen LogP contribution in [-0.4, -0.2) is 17.9 Å². The molecule has 4 rings (SSSR count). The summed E-state index contributed by atoms with van der Waals surface area (Å²) < 4.78 is 152. The van der Waals surface area contributed by atoms with Crippen molar-refractivity contribution in [1.82, 2.24) is 5.32 Å². The molecule has 14 heteroatoms. The Hall–Kier alpha value is -4.17. The zero-order valence-electron chi connectivity index (χ0n) is 23.3. The van der Waals surface area contributed by atoms with E-state index >= 15 is 0 Å².